The minimum absolute atomic E-state index is 0. The topological polar surface area (TPSA) is 152 Å². The Morgan fingerprint density at radius 1 is 0.629 bits per heavy atom. The maximum absolute atomic E-state index is 8.75. The summed E-state index contributed by atoms with van der Waals surface area (Å²) in [6.45, 7) is 8.76. The average molecular weight is 968 g/mol. The highest BCUT2D eigenvalue weighted by Gasteiger charge is 2.16. The van der Waals surface area contributed by atoms with E-state index in [1.54, 1.807) is 35.5 Å². The van der Waals surface area contributed by atoms with Crippen molar-refractivity contribution in [3.8, 4) is 63.7 Å². The summed E-state index contributed by atoms with van der Waals surface area (Å²) in [6, 6.07) is 34.7. The van der Waals surface area contributed by atoms with Crippen LogP contribution in [0.15, 0.2) is 143 Å². The van der Waals surface area contributed by atoms with E-state index in [0.29, 0.717) is 5.56 Å². The van der Waals surface area contributed by atoms with Crippen LogP contribution in [0.25, 0.3) is 55.3 Å². The lowest BCUT2D eigenvalue weighted by atomic mass is 10.1. The fourth-order valence-electron chi connectivity index (χ4n) is 7.58. The molecular formula is C55H59ClN6O8. The zero-order valence-electron chi connectivity index (χ0n) is 39.8. The largest absolute Gasteiger partial charge is 0.497 e. The van der Waals surface area contributed by atoms with E-state index in [1.165, 1.54) is 6.21 Å². The quantitative estimate of drug-likeness (QED) is 0.0527. The van der Waals surface area contributed by atoms with Crippen molar-refractivity contribution in [2.24, 2.45) is 10.3 Å². The number of halogens is 1. The van der Waals surface area contributed by atoms with Gasteiger partial charge < -0.3 is 52.3 Å². The summed E-state index contributed by atoms with van der Waals surface area (Å²) in [4.78, 5) is 0. The smallest absolute Gasteiger partial charge is 0.177 e. The highest BCUT2D eigenvalue weighted by atomic mass is 35.5. The van der Waals surface area contributed by atoms with Gasteiger partial charge in [-0.15, -0.1) is 6.42 Å². The van der Waals surface area contributed by atoms with Gasteiger partial charge in [-0.25, -0.2) is 0 Å². The summed E-state index contributed by atoms with van der Waals surface area (Å²) >= 11 is 5.87. The molecule has 9 aromatic rings. The van der Waals surface area contributed by atoms with Gasteiger partial charge in [-0.2, -0.15) is 0 Å². The van der Waals surface area contributed by atoms with Crippen LogP contribution in [0, 0.1) is 12.3 Å². The van der Waals surface area contributed by atoms with Crippen molar-refractivity contribution in [2.45, 2.75) is 47.8 Å². The molecule has 15 heteroatoms. The van der Waals surface area contributed by atoms with E-state index in [-0.39, 0.29) is 12.6 Å². The average Bonchev–Trinajstić information content (AvgIpc) is 4.22. The zero-order chi connectivity index (χ0) is 49.5. The maximum atomic E-state index is 8.75. The third-order valence-corrected chi connectivity index (χ3v) is 11.5. The normalized spacial score (nSPS) is 10.8. The third kappa shape index (κ3) is 12.1. The summed E-state index contributed by atoms with van der Waals surface area (Å²) in [7, 11) is 8.24. The molecule has 364 valence electrons. The second kappa shape index (κ2) is 25.2. The lowest BCUT2D eigenvalue weighted by Gasteiger charge is -2.03. The van der Waals surface area contributed by atoms with Crippen LogP contribution >= 0.6 is 11.6 Å². The molecule has 9 rings (SSSR count). The van der Waals surface area contributed by atoms with Gasteiger partial charge in [0.1, 0.15) is 34.4 Å². The number of benzene rings is 5. The minimum Gasteiger partial charge on any atom is -0.497 e. The fraction of sp³-hybridized carbons (Fsp3) is 0.218. The van der Waals surface area contributed by atoms with Crippen LogP contribution in [0.1, 0.15) is 44.9 Å². The number of oxime groups is 2. The SMILES string of the molecule is C.C#Cc1ccc(OC)cc1.CCn1cc(-c2cc(-c3ccc(OC)cc3)on2)c2ccc(OC)cc21.CCn1cc(/C(Cl)=N/O)c2ccc(OC)cc21.CCn1cc(/C=N/O)c2ccc(OC)cc21. The Labute approximate surface area is 413 Å². The molecule has 0 saturated carbocycles. The second-order valence-corrected chi connectivity index (χ2v) is 15.3. The first-order valence-electron chi connectivity index (χ1n) is 21.9. The van der Waals surface area contributed by atoms with Crippen LogP contribution in [0.3, 0.4) is 0 Å². The molecule has 5 aromatic carbocycles. The van der Waals surface area contributed by atoms with Gasteiger partial charge in [-0.05, 0) is 106 Å². The molecule has 70 heavy (non-hydrogen) atoms. The van der Waals surface area contributed by atoms with Gasteiger partial charge in [0.05, 0.1) is 58.3 Å². The van der Waals surface area contributed by atoms with Crippen LogP contribution in [0.2, 0.25) is 0 Å². The van der Waals surface area contributed by atoms with Crippen LogP contribution < -0.4 is 23.7 Å². The zero-order valence-corrected chi connectivity index (χ0v) is 40.6. The lowest BCUT2D eigenvalue weighted by molar-refractivity contribution is 0.321. The summed E-state index contributed by atoms with van der Waals surface area (Å²) < 4.78 is 37.8. The molecule has 0 aliphatic heterocycles. The van der Waals surface area contributed by atoms with Gasteiger partial charge in [0, 0.05) is 106 Å². The van der Waals surface area contributed by atoms with Gasteiger partial charge >= 0.3 is 0 Å². The van der Waals surface area contributed by atoms with Crippen LogP contribution in [0.4, 0.5) is 0 Å². The number of hydrogen-bond donors (Lipinski definition) is 2. The maximum Gasteiger partial charge on any atom is 0.177 e. The fourth-order valence-corrected chi connectivity index (χ4v) is 7.73. The molecule has 0 unspecified atom stereocenters. The number of terminal acetylenes is 1. The van der Waals surface area contributed by atoms with Crippen molar-refractivity contribution < 1.29 is 38.6 Å². The Bertz CT molecular complexity index is 3210. The van der Waals surface area contributed by atoms with Crippen molar-refractivity contribution in [1.82, 2.24) is 18.9 Å². The first-order valence-corrected chi connectivity index (χ1v) is 22.3. The predicted octanol–water partition coefficient (Wildman–Crippen LogP) is 12.8. The molecule has 0 amide bonds. The first kappa shape index (κ1) is 52.7. The van der Waals surface area contributed by atoms with E-state index in [9.17, 15) is 0 Å². The van der Waals surface area contributed by atoms with Crippen LogP contribution in [0.5, 0.6) is 28.7 Å². The third-order valence-electron chi connectivity index (χ3n) is 11.2. The van der Waals surface area contributed by atoms with E-state index in [1.807, 2.05) is 127 Å². The van der Waals surface area contributed by atoms with Crippen molar-refractivity contribution in [3.63, 3.8) is 0 Å². The van der Waals surface area contributed by atoms with Crippen LogP contribution in [-0.4, -0.2) is 76.2 Å². The summed E-state index contributed by atoms with van der Waals surface area (Å²) in [5, 5.41) is 31.0. The Morgan fingerprint density at radius 3 is 1.59 bits per heavy atom. The molecule has 0 aliphatic carbocycles. The predicted molar refractivity (Wildman–Crippen MR) is 281 cm³/mol. The highest BCUT2D eigenvalue weighted by molar-refractivity contribution is 6.70. The van der Waals surface area contributed by atoms with E-state index in [2.05, 4.69) is 56.6 Å². The number of ether oxygens (including phenoxy) is 5. The molecular weight excluding hydrogens is 908 g/mol. The van der Waals surface area contributed by atoms with Crippen LogP contribution in [-0.2, 0) is 19.6 Å². The number of aryl methyl sites for hydroxylation is 3. The Morgan fingerprint density at radius 2 is 1.09 bits per heavy atom. The lowest BCUT2D eigenvalue weighted by Crippen LogP contribution is -1.92. The summed E-state index contributed by atoms with van der Waals surface area (Å²) in [5.74, 6) is 7.35. The Kier molecular flexibility index (Phi) is 19.0. The minimum atomic E-state index is 0. The van der Waals surface area contributed by atoms with Gasteiger partial charge in [-0.3, -0.25) is 0 Å². The van der Waals surface area contributed by atoms with Crippen molar-refractivity contribution >= 4 is 55.7 Å². The number of aromatic nitrogens is 4. The molecule has 0 radical (unpaired) electrons. The molecule has 4 aromatic heterocycles. The molecule has 2 N–H and O–H groups in total. The van der Waals surface area contributed by atoms with Crippen molar-refractivity contribution in [1.29, 1.82) is 0 Å². The molecule has 0 atom stereocenters. The molecule has 4 heterocycles. The van der Waals surface area contributed by atoms with Gasteiger partial charge in [-0.1, -0.05) is 40.4 Å². The van der Waals surface area contributed by atoms with Gasteiger partial charge in [0.15, 0.2) is 10.9 Å². The van der Waals surface area contributed by atoms with E-state index in [4.69, 9.17) is 56.6 Å². The monoisotopic (exact) mass is 966 g/mol. The van der Waals surface area contributed by atoms with Gasteiger partial charge in [0.2, 0.25) is 0 Å². The Balaban J connectivity index is 0.000000183. The van der Waals surface area contributed by atoms with E-state index < -0.39 is 0 Å². The number of hydrogen-bond acceptors (Lipinski definition) is 11. The number of methoxy groups -OCH3 is 5. The molecule has 0 aliphatic rings. The molecule has 0 spiro atoms. The molecule has 0 bridgehead atoms. The van der Waals surface area contributed by atoms with Crippen molar-refractivity contribution in [2.75, 3.05) is 35.5 Å². The van der Waals surface area contributed by atoms with E-state index >= 15 is 0 Å². The number of rotatable bonds is 12. The second-order valence-electron chi connectivity index (χ2n) is 15.0. The van der Waals surface area contributed by atoms with E-state index in [0.717, 1.165) is 115 Å². The standard InChI is InChI=1S/C21H20N2O3.C12H13ClN2O2.C12H14N2O2.C9H8O.CH4/c1-4-23-13-18(17-10-9-16(25-3)11-20(17)23)19-12-21(26-22-19)14-5-7-15(24-2)8-6-14;1-3-15-7-10(12(13)14-16)9-5-4-8(17-2)6-11(9)15;1-3-14-8-9(7-13-15)11-5-4-10(16-2)6-12(11)14;1-3-8-4-6-9(10-2)7-5-8;/h5-13H,4H2,1-3H3;4-7,16H,3H2,1-2H3;4-8,15H,3H2,1-2H3;1,4-7H,2H3;1H4/b;14-12-;13-7+;;. The molecule has 14 nitrogen and oxygen atoms in total. The summed E-state index contributed by atoms with van der Waals surface area (Å²) in [5.41, 5.74) is 8.53. The number of fused-ring (bicyclic) bond motifs is 3. The number of nitrogens with zero attached hydrogens (tertiary/aromatic N) is 6. The van der Waals surface area contributed by atoms with Gasteiger partial charge in [0.25, 0.3) is 0 Å². The Hall–Kier alpha value is -8.28. The van der Waals surface area contributed by atoms with Crippen molar-refractivity contribution in [3.05, 3.63) is 144 Å². The first-order chi connectivity index (χ1) is 33.6. The highest BCUT2D eigenvalue weighted by Crippen LogP contribution is 2.35. The summed E-state index contributed by atoms with van der Waals surface area (Å²) in [6.07, 6.45) is 12.5. The molecule has 0 saturated heterocycles. The molecule has 0 fully saturated rings.